The highest BCUT2D eigenvalue weighted by molar-refractivity contribution is 4.71. The fourth-order valence-electron chi connectivity index (χ4n) is 1.84. The third kappa shape index (κ3) is 12.1. The quantitative estimate of drug-likeness (QED) is 0.517. The molecule has 3 heteroatoms. The first-order valence-corrected chi connectivity index (χ1v) is 7.03. The predicted octanol–water partition coefficient (Wildman–Crippen LogP) is 2.42. The van der Waals surface area contributed by atoms with Gasteiger partial charge in [0.15, 0.2) is 0 Å². The van der Waals surface area contributed by atoms with E-state index in [-0.39, 0.29) is 0 Å². The molecule has 0 aromatic heterocycles. The van der Waals surface area contributed by atoms with Crippen LogP contribution in [0, 0.1) is 5.41 Å². The van der Waals surface area contributed by atoms with Crippen LogP contribution in [-0.2, 0) is 4.74 Å². The summed E-state index contributed by atoms with van der Waals surface area (Å²) >= 11 is 0. The van der Waals surface area contributed by atoms with Crippen molar-refractivity contribution in [3.05, 3.63) is 0 Å². The van der Waals surface area contributed by atoms with E-state index < -0.39 is 0 Å². The van der Waals surface area contributed by atoms with E-state index in [4.69, 9.17) is 4.74 Å². The van der Waals surface area contributed by atoms with Crippen molar-refractivity contribution in [2.24, 2.45) is 5.41 Å². The second-order valence-electron chi connectivity index (χ2n) is 5.54. The average Bonchev–Trinajstić information content (AvgIpc) is 2.28. The van der Waals surface area contributed by atoms with Crippen molar-refractivity contribution >= 4 is 0 Å². The maximum Gasteiger partial charge on any atom is 0.0587 e. The van der Waals surface area contributed by atoms with Gasteiger partial charge in [-0.25, -0.2) is 0 Å². The summed E-state index contributed by atoms with van der Waals surface area (Å²) in [7, 11) is 1.73. The van der Waals surface area contributed by atoms with Crippen molar-refractivity contribution in [2.75, 3.05) is 39.9 Å². The van der Waals surface area contributed by atoms with Crippen molar-refractivity contribution in [3.8, 4) is 0 Å². The van der Waals surface area contributed by atoms with E-state index in [1.54, 1.807) is 7.11 Å². The van der Waals surface area contributed by atoms with Crippen LogP contribution < -0.4 is 10.6 Å². The molecule has 0 fully saturated rings. The van der Waals surface area contributed by atoms with Crippen LogP contribution in [0.5, 0.6) is 0 Å². The Bertz CT molecular complexity index is 160. The molecule has 0 bridgehead atoms. The van der Waals surface area contributed by atoms with Gasteiger partial charge in [-0.05, 0) is 11.8 Å². The predicted molar refractivity (Wildman–Crippen MR) is 75.5 cm³/mol. The number of ether oxygens (including phenoxy) is 1. The standard InChI is InChI=1S/C14H32N2O/c1-5-6-7-8-14(2,3)13-16-10-9-15-11-12-17-4/h15-16H,5-13H2,1-4H3. The van der Waals surface area contributed by atoms with E-state index >= 15 is 0 Å². The smallest absolute Gasteiger partial charge is 0.0587 e. The van der Waals surface area contributed by atoms with Gasteiger partial charge in [-0.3, -0.25) is 0 Å². The normalized spacial score (nSPS) is 12.0. The van der Waals surface area contributed by atoms with Gasteiger partial charge in [-0.1, -0.05) is 40.0 Å². The first-order valence-electron chi connectivity index (χ1n) is 7.03. The largest absolute Gasteiger partial charge is 0.383 e. The summed E-state index contributed by atoms with van der Waals surface area (Å²) in [6.45, 7) is 11.9. The molecular formula is C14H32N2O. The fourth-order valence-corrected chi connectivity index (χ4v) is 1.84. The van der Waals surface area contributed by atoms with E-state index in [1.165, 1.54) is 25.7 Å². The van der Waals surface area contributed by atoms with Gasteiger partial charge in [-0.15, -0.1) is 0 Å². The molecule has 0 aliphatic heterocycles. The van der Waals surface area contributed by atoms with Gasteiger partial charge in [0.2, 0.25) is 0 Å². The molecule has 0 aliphatic carbocycles. The lowest BCUT2D eigenvalue weighted by Gasteiger charge is -2.25. The Morgan fingerprint density at radius 1 is 1.00 bits per heavy atom. The lowest BCUT2D eigenvalue weighted by Crippen LogP contribution is -2.35. The summed E-state index contributed by atoms with van der Waals surface area (Å²) in [4.78, 5) is 0. The van der Waals surface area contributed by atoms with Gasteiger partial charge >= 0.3 is 0 Å². The summed E-state index contributed by atoms with van der Waals surface area (Å²) in [6, 6.07) is 0. The molecule has 0 aromatic rings. The molecule has 0 saturated carbocycles. The van der Waals surface area contributed by atoms with Gasteiger partial charge in [0.05, 0.1) is 6.61 Å². The highest BCUT2D eigenvalue weighted by Crippen LogP contribution is 2.22. The Kier molecular flexibility index (Phi) is 10.9. The molecule has 0 rings (SSSR count). The molecule has 0 radical (unpaired) electrons. The van der Waals surface area contributed by atoms with Gasteiger partial charge in [0.25, 0.3) is 0 Å². The Morgan fingerprint density at radius 3 is 2.35 bits per heavy atom. The topological polar surface area (TPSA) is 33.3 Å². The summed E-state index contributed by atoms with van der Waals surface area (Å²) < 4.78 is 4.97. The highest BCUT2D eigenvalue weighted by Gasteiger charge is 2.16. The van der Waals surface area contributed by atoms with Crippen molar-refractivity contribution < 1.29 is 4.74 Å². The second kappa shape index (κ2) is 11.0. The van der Waals surface area contributed by atoms with E-state index in [0.29, 0.717) is 5.41 Å². The Morgan fingerprint density at radius 2 is 1.71 bits per heavy atom. The van der Waals surface area contributed by atoms with E-state index in [0.717, 1.165) is 32.8 Å². The van der Waals surface area contributed by atoms with Crippen LogP contribution in [0.25, 0.3) is 0 Å². The van der Waals surface area contributed by atoms with Crippen molar-refractivity contribution in [3.63, 3.8) is 0 Å². The van der Waals surface area contributed by atoms with Crippen LogP contribution >= 0.6 is 0 Å². The highest BCUT2D eigenvalue weighted by atomic mass is 16.5. The molecule has 0 aromatic carbocycles. The molecule has 0 aliphatic rings. The number of methoxy groups -OCH3 is 1. The minimum Gasteiger partial charge on any atom is -0.383 e. The zero-order chi connectivity index (χ0) is 13.0. The Balaban J connectivity index is 3.32. The lowest BCUT2D eigenvalue weighted by molar-refractivity contribution is 0.199. The van der Waals surface area contributed by atoms with Gasteiger partial charge in [-0.2, -0.15) is 0 Å². The third-order valence-electron chi connectivity index (χ3n) is 3.02. The summed E-state index contributed by atoms with van der Waals surface area (Å²) in [6.07, 6.45) is 5.36. The van der Waals surface area contributed by atoms with E-state index in [2.05, 4.69) is 31.4 Å². The van der Waals surface area contributed by atoms with Gasteiger partial charge in [0, 0.05) is 33.3 Å². The molecule has 0 atom stereocenters. The zero-order valence-corrected chi connectivity index (χ0v) is 12.3. The van der Waals surface area contributed by atoms with Crippen molar-refractivity contribution in [1.82, 2.24) is 10.6 Å². The molecule has 0 heterocycles. The molecule has 2 N–H and O–H groups in total. The Hall–Kier alpha value is -0.120. The molecule has 3 nitrogen and oxygen atoms in total. The maximum absolute atomic E-state index is 4.97. The Labute approximate surface area is 108 Å². The molecular weight excluding hydrogens is 212 g/mol. The average molecular weight is 244 g/mol. The second-order valence-corrected chi connectivity index (χ2v) is 5.54. The molecule has 104 valence electrons. The van der Waals surface area contributed by atoms with E-state index in [9.17, 15) is 0 Å². The maximum atomic E-state index is 4.97. The van der Waals surface area contributed by atoms with Crippen LogP contribution in [0.15, 0.2) is 0 Å². The molecule has 0 spiro atoms. The number of hydrogen-bond donors (Lipinski definition) is 2. The van der Waals surface area contributed by atoms with Crippen LogP contribution in [0.3, 0.4) is 0 Å². The summed E-state index contributed by atoms with van der Waals surface area (Å²) in [5.41, 5.74) is 0.432. The van der Waals surface area contributed by atoms with Gasteiger partial charge < -0.3 is 15.4 Å². The first-order chi connectivity index (χ1) is 8.12. The first kappa shape index (κ1) is 16.9. The summed E-state index contributed by atoms with van der Waals surface area (Å²) in [5.74, 6) is 0. The SMILES string of the molecule is CCCCCC(C)(C)CNCCNCCOC. The number of nitrogens with one attached hydrogen (secondary N) is 2. The van der Waals surface area contributed by atoms with Crippen LogP contribution in [0.4, 0.5) is 0 Å². The van der Waals surface area contributed by atoms with Crippen LogP contribution in [0.1, 0.15) is 46.5 Å². The summed E-state index contributed by atoms with van der Waals surface area (Å²) in [5, 5.41) is 6.86. The molecule has 0 amide bonds. The number of rotatable bonds is 12. The van der Waals surface area contributed by atoms with Crippen molar-refractivity contribution in [2.45, 2.75) is 46.5 Å². The molecule has 0 saturated heterocycles. The van der Waals surface area contributed by atoms with Gasteiger partial charge in [0.1, 0.15) is 0 Å². The minimum absolute atomic E-state index is 0.432. The zero-order valence-electron chi connectivity index (χ0n) is 12.3. The number of hydrogen-bond acceptors (Lipinski definition) is 3. The fraction of sp³-hybridized carbons (Fsp3) is 1.00. The van der Waals surface area contributed by atoms with Crippen LogP contribution in [-0.4, -0.2) is 39.9 Å². The lowest BCUT2D eigenvalue weighted by atomic mass is 9.87. The van der Waals surface area contributed by atoms with E-state index in [1.807, 2.05) is 0 Å². The van der Waals surface area contributed by atoms with Crippen molar-refractivity contribution in [1.29, 1.82) is 0 Å². The number of unbranched alkanes of at least 4 members (excludes halogenated alkanes) is 2. The monoisotopic (exact) mass is 244 g/mol. The molecule has 17 heavy (non-hydrogen) atoms. The van der Waals surface area contributed by atoms with Crippen LogP contribution in [0.2, 0.25) is 0 Å². The minimum atomic E-state index is 0.432. The third-order valence-corrected chi connectivity index (χ3v) is 3.02. The molecule has 0 unspecified atom stereocenters.